The van der Waals surface area contributed by atoms with E-state index in [4.69, 9.17) is 4.74 Å². The second kappa shape index (κ2) is 4.00. The molecule has 0 bridgehead atoms. The fraction of sp³-hybridized carbons (Fsp3) is 0.875. The first kappa shape index (κ1) is 10.4. The first-order chi connectivity index (χ1) is 6.09. The number of rotatable bonds is 3. The SMILES string of the molecule is CCOC(=O)C(F)(F)C1CCCO1. The molecule has 1 rings (SSSR count). The largest absolute Gasteiger partial charge is 0.461 e. The van der Waals surface area contributed by atoms with Gasteiger partial charge in [0.2, 0.25) is 0 Å². The van der Waals surface area contributed by atoms with Crippen LogP contribution in [0.5, 0.6) is 0 Å². The fourth-order valence-corrected chi connectivity index (χ4v) is 1.22. The lowest BCUT2D eigenvalue weighted by Crippen LogP contribution is -2.42. The van der Waals surface area contributed by atoms with Crippen molar-refractivity contribution in [3.63, 3.8) is 0 Å². The Morgan fingerprint density at radius 3 is 2.85 bits per heavy atom. The van der Waals surface area contributed by atoms with Crippen LogP contribution in [-0.2, 0) is 14.3 Å². The Kier molecular flexibility index (Phi) is 3.19. The van der Waals surface area contributed by atoms with Crippen molar-refractivity contribution >= 4 is 5.97 Å². The highest BCUT2D eigenvalue weighted by Gasteiger charge is 2.50. The maximum Gasteiger partial charge on any atom is 0.379 e. The van der Waals surface area contributed by atoms with E-state index in [1.807, 2.05) is 0 Å². The van der Waals surface area contributed by atoms with Crippen LogP contribution in [-0.4, -0.2) is 31.2 Å². The second-order valence-corrected chi connectivity index (χ2v) is 2.85. The molecule has 1 heterocycles. The van der Waals surface area contributed by atoms with Crippen LogP contribution in [0.4, 0.5) is 8.78 Å². The number of carbonyl (C=O) groups is 1. The van der Waals surface area contributed by atoms with E-state index < -0.39 is 18.0 Å². The molecule has 76 valence electrons. The van der Waals surface area contributed by atoms with Crippen molar-refractivity contribution in [1.29, 1.82) is 0 Å². The molecule has 1 aliphatic heterocycles. The second-order valence-electron chi connectivity index (χ2n) is 2.85. The Balaban J connectivity index is 2.57. The first-order valence-electron chi connectivity index (χ1n) is 4.25. The molecule has 0 radical (unpaired) electrons. The van der Waals surface area contributed by atoms with Crippen LogP contribution < -0.4 is 0 Å². The minimum Gasteiger partial charge on any atom is -0.461 e. The number of ether oxygens (including phenoxy) is 2. The van der Waals surface area contributed by atoms with Crippen LogP contribution in [0.15, 0.2) is 0 Å². The van der Waals surface area contributed by atoms with Gasteiger partial charge in [-0.05, 0) is 19.8 Å². The highest BCUT2D eigenvalue weighted by molar-refractivity contribution is 5.78. The molecule has 0 spiro atoms. The third-order valence-electron chi connectivity index (χ3n) is 1.88. The number of esters is 1. The average Bonchev–Trinajstić information content (AvgIpc) is 2.56. The number of carbonyl (C=O) groups excluding carboxylic acids is 1. The first-order valence-corrected chi connectivity index (χ1v) is 4.25. The third-order valence-corrected chi connectivity index (χ3v) is 1.88. The molecule has 5 heteroatoms. The molecule has 0 amide bonds. The molecule has 0 saturated carbocycles. The Hall–Kier alpha value is -0.710. The highest BCUT2D eigenvalue weighted by atomic mass is 19.3. The molecule has 0 aromatic heterocycles. The van der Waals surface area contributed by atoms with Gasteiger partial charge in [0.25, 0.3) is 0 Å². The van der Waals surface area contributed by atoms with Crippen LogP contribution >= 0.6 is 0 Å². The van der Waals surface area contributed by atoms with Gasteiger partial charge in [-0.1, -0.05) is 0 Å². The van der Waals surface area contributed by atoms with Crippen LogP contribution in [0.1, 0.15) is 19.8 Å². The summed E-state index contributed by atoms with van der Waals surface area (Å²) in [5.74, 6) is -4.98. The Bertz CT molecular complexity index is 188. The molecule has 0 N–H and O–H groups in total. The fourth-order valence-electron chi connectivity index (χ4n) is 1.22. The summed E-state index contributed by atoms with van der Waals surface area (Å²) < 4.78 is 35.2. The normalized spacial score (nSPS) is 23.2. The van der Waals surface area contributed by atoms with Crippen molar-refractivity contribution in [2.24, 2.45) is 0 Å². The van der Waals surface area contributed by atoms with Gasteiger partial charge < -0.3 is 9.47 Å². The monoisotopic (exact) mass is 194 g/mol. The van der Waals surface area contributed by atoms with Gasteiger partial charge in [-0.3, -0.25) is 0 Å². The Morgan fingerprint density at radius 2 is 2.38 bits per heavy atom. The Morgan fingerprint density at radius 1 is 1.69 bits per heavy atom. The van der Waals surface area contributed by atoms with Crippen LogP contribution in [0.2, 0.25) is 0 Å². The van der Waals surface area contributed by atoms with Gasteiger partial charge in [0.05, 0.1) is 6.61 Å². The predicted octanol–water partition coefficient (Wildman–Crippen LogP) is 1.36. The summed E-state index contributed by atoms with van der Waals surface area (Å²) in [5.41, 5.74) is 0. The maximum atomic E-state index is 13.1. The van der Waals surface area contributed by atoms with E-state index in [1.54, 1.807) is 0 Å². The van der Waals surface area contributed by atoms with E-state index in [0.717, 1.165) is 0 Å². The Labute approximate surface area is 75.0 Å². The molecule has 1 fully saturated rings. The predicted molar refractivity (Wildman–Crippen MR) is 40.6 cm³/mol. The molecule has 0 aliphatic carbocycles. The lowest BCUT2D eigenvalue weighted by atomic mass is 10.1. The van der Waals surface area contributed by atoms with Crippen molar-refractivity contribution in [2.45, 2.75) is 31.8 Å². The molecular weight excluding hydrogens is 182 g/mol. The zero-order valence-electron chi connectivity index (χ0n) is 7.39. The molecule has 13 heavy (non-hydrogen) atoms. The van der Waals surface area contributed by atoms with Crippen LogP contribution in [0.25, 0.3) is 0 Å². The average molecular weight is 194 g/mol. The lowest BCUT2D eigenvalue weighted by Gasteiger charge is -2.19. The lowest BCUT2D eigenvalue weighted by molar-refractivity contribution is -0.189. The van der Waals surface area contributed by atoms with Crippen molar-refractivity contribution in [3.05, 3.63) is 0 Å². The number of hydrogen-bond acceptors (Lipinski definition) is 3. The van der Waals surface area contributed by atoms with Crippen molar-refractivity contribution in [1.82, 2.24) is 0 Å². The van der Waals surface area contributed by atoms with Crippen molar-refractivity contribution in [2.75, 3.05) is 13.2 Å². The van der Waals surface area contributed by atoms with Gasteiger partial charge in [0.15, 0.2) is 0 Å². The van der Waals surface area contributed by atoms with Gasteiger partial charge in [0, 0.05) is 6.61 Å². The highest BCUT2D eigenvalue weighted by Crippen LogP contribution is 2.30. The molecule has 0 aromatic rings. The van der Waals surface area contributed by atoms with E-state index in [0.29, 0.717) is 13.0 Å². The summed E-state index contributed by atoms with van der Waals surface area (Å²) in [4.78, 5) is 10.8. The van der Waals surface area contributed by atoms with Gasteiger partial charge >= 0.3 is 11.9 Å². The molecule has 1 aliphatic rings. The zero-order chi connectivity index (χ0) is 9.90. The third kappa shape index (κ3) is 2.15. The molecule has 0 aromatic carbocycles. The molecule has 3 nitrogen and oxygen atoms in total. The zero-order valence-corrected chi connectivity index (χ0v) is 7.39. The van der Waals surface area contributed by atoms with Crippen LogP contribution in [0.3, 0.4) is 0 Å². The summed E-state index contributed by atoms with van der Waals surface area (Å²) in [6.07, 6.45) is -0.516. The molecular formula is C8H12F2O3. The van der Waals surface area contributed by atoms with Crippen molar-refractivity contribution < 1.29 is 23.0 Å². The van der Waals surface area contributed by atoms with E-state index in [-0.39, 0.29) is 13.0 Å². The smallest absolute Gasteiger partial charge is 0.379 e. The molecule has 1 saturated heterocycles. The number of halogens is 2. The standard InChI is InChI=1S/C8H12F2O3/c1-2-12-7(11)8(9,10)6-4-3-5-13-6/h6H,2-5H2,1H3. The van der Waals surface area contributed by atoms with Crippen molar-refractivity contribution in [3.8, 4) is 0 Å². The molecule has 1 atom stereocenters. The quantitative estimate of drug-likeness (QED) is 0.636. The molecule has 1 unspecified atom stereocenters. The summed E-state index contributed by atoms with van der Waals surface area (Å²) in [5, 5.41) is 0. The summed E-state index contributed by atoms with van der Waals surface area (Å²) in [6.45, 7) is 1.74. The van der Waals surface area contributed by atoms with E-state index in [9.17, 15) is 13.6 Å². The van der Waals surface area contributed by atoms with Crippen LogP contribution in [0, 0.1) is 0 Å². The number of hydrogen-bond donors (Lipinski definition) is 0. The number of alkyl halides is 2. The minimum absolute atomic E-state index is 0.0405. The van der Waals surface area contributed by atoms with E-state index in [2.05, 4.69) is 4.74 Å². The summed E-state index contributed by atoms with van der Waals surface area (Å²) >= 11 is 0. The van der Waals surface area contributed by atoms with Gasteiger partial charge in [-0.25, -0.2) is 4.79 Å². The van der Waals surface area contributed by atoms with Gasteiger partial charge in [0.1, 0.15) is 6.10 Å². The van der Waals surface area contributed by atoms with Gasteiger partial charge in [-0.2, -0.15) is 8.78 Å². The van der Waals surface area contributed by atoms with E-state index >= 15 is 0 Å². The van der Waals surface area contributed by atoms with E-state index in [1.165, 1.54) is 6.92 Å². The minimum atomic E-state index is -3.49. The topological polar surface area (TPSA) is 35.5 Å². The van der Waals surface area contributed by atoms with Gasteiger partial charge in [-0.15, -0.1) is 0 Å². The maximum absolute atomic E-state index is 13.1. The summed E-state index contributed by atoms with van der Waals surface area (Å²) in [6, 6.07) is 0. The summed E-state index contributed by atoms with van der Waals surface area (Å²) in [7, 11) is 0.